The Kier molecular flexibility index (Phi) is 3.42. The highest BCUT2D eigenvalue weighted by molar-refractivity contribution is 5.61. The lowest BCUT2D eigenvalue weighted by Gasteiger charge is -2.08. The van der Waals surface area contributed by atoms with Gasteiger partial charge < -0.3 is 11.1 Å². The minimum Gasteiger partial charge on any atom is -0.383 e. The van der Waals surface area contributed by atoms with Crippen LogP contribution in [0.5, 0.6) is 0 Å². The van der Waals surface area contributed by atoms with E-state index in [9.17, 15) is 23.3 Å². The van der Waals surface area contributed by atoms with Crippen LogP contribution in [-0.2, 0) is 0 Å². The third kappa shape index (κ3) is 2.76. The fourth-order valence-electron chi connectivity index (χ4n) is 1.46. The smallest absolute Gasteiger partial charge is 0.276 e. The molecule has 0 unspecified atom stereocenters. The summed E-state index contributed by atoms with van der Waals surface area (Å²) in [5.74, 6) is -4.03. The van der Waals surface area contributed by atoms with Crippen molar-refractivity contribution in [2.24, 2.45) is 0 Å². The fourth-order valence-corrected chi connectivity index (χ4v) is 1.46. The molecule has 3 N–H and O–H groups in total. The molecule has 6 nitrogen and oxygen atoms in total. The zero-order valence-electron chi connectivity index (χ0n) is 9.73. The van der Waals surface area contributed by atoms with Crippen molar-refractivity contribution in [2.75, 3.05) is 11.1 Å². The van der Waals surface area contributed by atoms with E-state index in [1.807, 2.05) is 0 Å². The van der Waals surface area contributed by atoms with Gasteiger partial charge >= 0.3 is 0 Å². The molecule has 1 heterocycles. The van der Waals surface area contributed by atoms with Crippen LogP contribution in [0, 0.1) is 27.6 Å². The van der Waals surface area contributed by atoms with Gasteiger partial charge in [0.1, 0.15) is 17.5 Å². The minimum atomic E-state index is -1.35. The summed E-state index contributed by atoms with van der Waals surface area (Å²) in [6.45, 7) is 0. The van der Waals surface area contributed by atoms with Crippen LogP contribution >= 0.6 is 0 Å². The van der Waals surface area contributed by atoms with Crippen molar-refractivity contribution in [2.45, 2.75) is 0 Å². The molecule has 0 spiro atoms. The molecule has 1 aromatic carbocycles. The van der Waals surface area contributed by atoms with Crippen molar-refractivity contribution in [3.8, 4) is 0 Å². The second kappa shape index (κ2) is 5.03. The molecule has 0 atom stereocenters. The second-order valence-electron chi connectivity index (χ2n) is 3.76. The standard InChI is InChI=1S/C11H7F3N4O2/c12-6-3-8(14)9(4-7(6)13)16-11-2-5(18(19)20)1-10(15)17-11/h1-4H,(H3,15,16,17). The Bertz CT molecular complexity index is 694. The minimum absolute atomic E-state index is 0.165. The first-order valence-electron chi connectivity index (χ1n) is 5.20. The van der Waals surface area contributed by atoms with E-state index < -0.39 is 28.1 Å². The van der Waals surface area contributed by atoms with E-state index in [-0.39, 0.29) is 17.3 Å². The van der Waals surface area contributed by atoms with Gasteiger partial charge in [0.15, 0.2) is 11.6 Å². The van der Waals surface area contributed by atoms with E-state index >= 15 is 0 Å². The van der Waals surface area contributed by atoms with Crippen molar-refractivity contribution >= 4 is 23.0 Å². The van der Waals surface area contributed by atoms with E-state index in [2.05, 4.69) is 10.3 Å². The van der Waals surface area contributed by atoms with Crippen LogP contribution in [0.3, 0.4) is 0 Å². The first-order valence-corrected chi connectivity index (χ1v) is 5.20. The van der Waals surface area contributed by atoms with E-state index in [0.29, 0.717) is 12.1 Å². The van der Waals surface area contributed by atoms with Crippen molar-refractivity contribution in [3.05, 3.63) is 51.8 Å². The molecule has 0 saturated carbocycles. The predicted octanol–water partition coefficient (Wildman–Crippen LogP) is 2.73. The number of nitrogens with two attached hydrogens (primary N) is 1. The molecular weight excluding hydrogens is 277 g/mol. The molecule has 0 radical (unpaired) electrons. The van der Waals surface area contributed by atoms with Crippen LogP contribution < -0.4 is 11.1 Å². The number of nitrogens with one attached hydrogen (secondary N) is 1. The maximum atomic E-state index is 13.4. The number of anilines is 3. The van der Waals surface area contributed by atoms with Gasteiger partial charge in [-0.05, 0) is 0 Å². The molecule has 0 aliphatic carbocycles. The fraction of sp³-hybridized carbons (Fsp3) is 0. The number of rotatable bonds is 3. The quantitative estimate of drug-likeness (QED) is 0.513. The number of nitro groups is 1. The molecule has 2 aromatic rings. The van der Waals surface area contributed by atoms with E-state index in [4.69, 9.17) is 5.73 Å². The largest absolute Gasteiger partial charge is 0.383 e. The van der Waals surface area contributed by atoms with Crippen LogP contribution in [0.15, 0.2) is 24.3 Å². The Morgan fingerprint density at radius 3 is 2.40 bits per heavy atom. The van der Waals surface area contributed by atoms with Gasteiger partial charge in [0, 0.05) is 12.1 Å². The molecule has 0 bridgehead atoms. The maximum absolute atomic E-state index is 13.4. The summed E-state index contributed by atoms with van der Waals surface area (Å²) in [7, 11) is 0. The summed E-state index contributed by atoms with van der Waals surface area (Å²) in [6.07, 6.45) is 0. The van der Waals surface area contributed by atoms with E-state index in [0.717, 1.165) is 12.1 Å². The maximum Gasteiger partial charge on any atom is 0.276 e. The van der Waals surface area contributed by atoms with Gasteiger partial charge in [0.2, 0.25) is 0 Å². The van der Waals surface area contributed by atoms with Crippen LogP contribution in [0.25, 0.3) is 0 Å². The molecule has 0 aliphatic rings. The normalized spacial score (nSPS) is 10.3. The third-order valence-corrected chi connectivity index (χ3v) is 2.31. The summed E-state index contributed by atoms with van der Waals surface area (Å²) in [6, 6.07) is 2.91. The number of nitrogen functional groups attached to an aromatic ring is 1. The van der Waals surface area contributed by atoms with Crippen LogP contribution in [0.2, 0.25) is 0 Å². The van der Waals surface area contributed by atoms with Gasteiger partial charge in [0.25, 0.3) is 5.69 Å². The van der Waals surface area contributed by atoms with Gasteiger partial charge in [-0.25, -0.2) is 18.2 Å². The number of aromatic nitrogens is 1. The SMILES string of the molecule is Nc1cc([N+](=O)[O-])cc(Nc2cc(F)c(F)cc2F)n1. The Balaban J connectivity index is 2.40. The highest BCUT2D eigenvalue weighted by Gasteiger charge is 2.13. The monoisotopic (exact) mass is 284 g/mol. The van der Waals surface area contributed by atoms with Gasteiger partial charge in [-0.2, -0.15) is 0 Å². The first-order chi connectivity index (χ1) is 9.36. The molecule has 0 amide bonds. The molecule has 2 rings (SSSR count). The molecule has 0 aliphatic heterocycles. The third-order valence-electron chi connectivity index (χ3n) is 2.31. The zero-order chi connectivity index (χ0) is 14.9. The Labute approximate surface area is 110 Å². The molecule has 20 heavy (non-hydrogen) atoms. The van der Waals surface area contributed by atoms with Crippen LogP contribution in [-0.4, -0.2) is 9.91 Å². The first kappa shape index (κ1) is 13.6. The topological polar surface area (TPSA) is 94.1 Å². The average Bonchev–Trinajstić information content (AvgIpc) is 2.35. The van der Waals surface area contributed by atoms with Crippen molar-refractivity contribution in [1.82, 2.24) is 4.98 Å². The van der Waals surface area contributed by atoms with Gasteiger partial charge in [-0.15, -0.1) is 0 Å². The molecular formula is C11H7F3N4O2. The van der Waals surface area contributed by atoms with Crippen molar-refractivity contribution in [3.63, 3.8) is 0 Å². The summed E-state index contributed by atoms with van der Waals surface area (Å²) in [5, 5.41) is 12.9. The Hall–Kier alpha value is -2.84. The molecule has 0 fully saturated rings. The van der Waals surface area contributed by atoms with Crippen LogP contribution in [0.4, 0.5) is 36.2 Å². The van der Waals surface area contributed by atoms with Crippen molar-refractivity contribution in [1.29, 1.82) is 0 Å². The second-order valence-corrected chi connectivity index (χ2v) is 3.76. The van der Waals surface area contributed by atoms with Crippen molar-refractivity contribution < 1.29 is 18.1 Å². The summed E-state index contributed by atoms with van der Waals surface area (Å²) < 4.78 is 39.2. The van der Waals surface area contributed by atoms with Crippen LogP contribution in [0.1, 0.15) is 0 Å². The lowest BCUT2D eigenvalue weighted by Crippen LogP contribution is -2.02. The van der Waals surface area contributed by atoms with E-state index in [1.54, 1.807) is 0 Å². The van der Waals surface area contributed by atoms with Gasteiger partial charge in [-0.1, -0.05) is 0 Å². The zero-order valence-corrected chi connectivity index (χ0v) is 9.73. The summed E-state index contributed by atoms with van der Waals surface area (Å²) in [5.41, 5.74) is 4.57. The number of benzene rings is 1. The highest BCUT2D eigenvalue weighted by atomic mass is 19.2. The number of halogens is 3. The lowest BCUT2D eigenvalue weighted by molar-refractivity contribution is -0.384. The Morgan fingerprint density at radius 1 is 1.10 bits per heavy atom. The van der Waals surface area contributed by atoms with Gasteiger partial charge in [0.05, 0.1) is 22.7 Å². The number of nitrogens with zero attached hydrogens (tertiary/aromatic N) is 2. The molecule has 0 saturated heterocycles. The highest BCUT2D eigenvalue weighted by Crippen LogP contribution is 2.25. The summed E-state index contributed by atoms with van der Waals surface area (Å²) in [4.78, 5) is 13.6. The molecule has 104 valence electrons. The number of hydrogen-bond acceptors (Lipinski definition) is 5. The predicted molar refractivity (Wildman–Crippen MR) is 64.9 cm³/mol. The van der Waals surface area contributed by atoms with E-state index in [1.165, 1.54) is 0 Å². The molecule has 9 heteroatoms. The average molecular weight is 284 g/mol. The summed E-state index contributed by atoms with van der Waals surface area (Å²) >= 11 is 0. The number of hydrogen-bond donors (Lipinski definition) is 2. The molecule has 1 aromatic heterocycles. The number of pyridine rings is 1. The lowest BCUT2D eigenvalue weighted by atomic mass is 10.2. The van der Waals surface area contributed by atoms with Gasteiger partial charge in [-0.3, -0.25) is 10.1 Å². The Morgan fingerprint density at radius 2 is 1.75 bits per heavy atom.